The minimum Gasteiger partial charge on any atom is -0.396 e. The van der Waals surface area contributed by atoms with Gasteiger partial charge in [-0.15, -0.1) is 0 Å². The summed E-state index contributed by atoms with van der Waals surface area (Å²) in [5, 5.41) is 26.4. The lowest BCUT2D eigenvalue weighted by atomic mass is 10.0. The number of aliphatic hydroxyl groups is 2. The third kappa shape index (κ3) is 2.18. The highest BCUT2D eigenvalue weighted by atomic mass is 35.5. The lowest BCUT2D eigenvalue weighted by Crippen LogP contribution is -2.16. The summed E-state index contributed by atoms with van der Waals surface area (Å²) in [4.78, 5) is 0. The molecular weight excluding hydrogens is 223 g/mol. The third-order valence-corrected chi connectivity index (χ3v) is 2.28. The Balaban J connectivity index is 3.17. The summed E-state index contributed by atoms with van der Waals surface area (Å²) >= 11 is 5.56. The molecule has 1 aromatic carbocycles. The Morgan fingerprint density at radius 3 is 2.60 bits per heavy atom. The number of halogens is 2. The van der Waals surface area contributed by atoms with Gasteiger partial charge in [-0.25, -0.2) is 4.39 Å². The standard InChI is InChI=1S/C9H8ClFN2O2/c10-7-4(9(15)6(14)3-12)1-2-5(13)8(7)11/h1-2,6,9,14-15H,13H2. The summed E-state index contributed by atoms with van der Waals surface area (Å²) in [6.07, 6.45) is -3.22. The molecule has 2 atom stereocenters. The predicted octanol–water partition coefficient (Wildman–Crippen LogP) is 0.979. The first-order chi connectivity index (χ1) is 6.99. The van der Waals surface area contributed by atoms with E-state index in [-0.39, 0.29) is 11.3 Å². The highest BCUT2D eigenvalue weighted by Crippen LogP contribution is 2.30. The summed E-state index contributed by atoms with van der Waals surface area (Å²) in [6, 6.07) is 3.87. The molecule has 4 N–H and O–H groups in total. The Kier molecular flexibility index (Phi) is 3.48. The Bertz CT molecular complexity index is 419. The molecule has 80 valence electrons. The topological polar surface area (TPSA) is 90.3 Å². The molecular formula is C9H8ClFN2O2. The first kappa shape index (κ1) is 11.7. The number of aliphatic hydroxyl groups excluding tert-OH is 2. The van der Waals surface area contributed by atoms with E-state index in [1.807, 2.05) is 0 Å². The Labute approximate surface area is 90.3 Å². The SMILES string of the molecule is N#CC(O)C(O)c1ccc(N)c(F)c1Cl. The molecule has 0 amide bonds. The molecule has 0 aliphatic carbocycles. The quantitative estimate of drug-likeness (QED) is 0.522. The summed E-state index contributed by atoms with van der Waals surface area (Å²) in [5.41, 5.74) is 4.99. The maximum Gasteiger partial charge on any atom is 0.170 e. The highest BCUT2D eigenvalue weighted by molar-refractivity contribution is 6.31. The number of nitrogens with zero attached hydrogens (tertiary/aromatic N) is 1. The average Bonchev–Trinajstić information content (AvgIpc) is 2.24. The van der Waals surface area contributed by atoms with Gasteiger partial charge in [0.1, 0.15) is 6.10 Å². The van der Waals surface area contributed by atoms with E-state index in [4.69, 9.17) is 27.7 Å². The zero-order valence-electron chi connectivity index (χ0n) is 7.48. The Morgan fingerprint density at radius 1 is 1.47 bits per heavy atom. The predicted molar refractivity (Wildman–Crippen MR) is 52.4 cm³/mol. The number of rotatable bonds is 2. The van der Waals surface area contributed by atoms with E-state index in [2.05, 4.69) is 0 Å². The van der Waals surface area contributed by atoms with Gasteiger partial charge in [-0.3, -0.25) is 0 Å². The van der Waals surface area contributed by atoms with Crippen molar-refractivity contribution in [2.45, 2.75) is 12.2 Å². The van der Waals surface area contributed by atoms with Crippen molar-refractivity contribution in [2.75, 3.05) is 5.73 Å². The summed E-state index contributed by atoms with van der Waals surface area (Å²) < 4.78 is 13.2. The second-order valence-electron chi connectivity index (χ2n) is 2.89. The molecule has 0 radical (unpaired) electrons. The summed E-state index contributed by atoms with van der Waals surface area (Å²) in [7, 11) is 0. The van der Waals surface area contributed by atoms with Crippen LogP contribution in [0.5, 0.6) is 0 Å². The molecule has 0 fully saturated rings. The molecule has 0 heterocycles. The molecule has 6 heteroatoms. The molecule has 2 unspecified atom stereocenters. The number of hydrogen-bond donors (Lipinski definition) is 3. The van der Waals surface area contributed by atoms with Gasteiger partial charge in [-0.1, -0.05) is 17.7 Å². The van der Waals surface area contributed by atoms with Crippen molar-refractivity contribution in [3.8, 4) is 6.07 Å². The van der Waals surface area contributed by atoms with Crippen LogP contribution in [0.25, 0.3) is 0 Å². The van der Waals surface area contributed by atoms with Gasteiger partial charge in [0.05, 0.1) is 16.8 Å². The number of benzene rings is 1. The van der Waals surface area contributed by atoms with Gasteiger partial charge in [0.25, 0.3) is 0 Å². The van der Waals surface area contributed by atoms with E-state index in [1.165, 1.54) is 18.2 Å². The van der Waals surface area contributed by atoms with Crippen molar-refractivity contribution < 1.29 is 14.6 Å². The molecule has 0 aliphatic rings. The minimum absolute atomic E-state index is 0.0718. The van der Waals surface area contributed by atoms with Crippen LogP contribution in [0.4, 0.5) is 10.1 Å². The largest absolute Gasteiger partial charge is 0.396 e. The van der Waals surface area contributed by atoms with Gasteiger partial charge < -0.3 is 15.9 Å². The molecule has 1 rings (SSSR count). The first-order valence-corrected chi connectivity index (χ1v) is 4.36. The molecule has 0 saturated heterocycles. The van der Waals surface area contributed by atoms with Crippen molar-refractivity contribution in [3.05, 3.63) is 28.5 Å². The molecule has 0 aromatic heterocycles. The van der Waals surface area contributed by atoms with Crippen LogP contribution in [-0.2, 0) is 0 Å². The Morgan fingerprint density at radius 2 is 2.07 bits per heavy atom. The maximum atomic E-state index is 13.2. The van der Waals surface area contributed by atoms with Gasteiger partial charge in [0.15, 0.2) is 11.9 Å². The first-order valence-electron chi connectivity index (χ1n) is 3.98. The molecule has 0 spiro atoms. The van der Waals surface area contributed by atoms with Gasteiger partial charge in [0, 0.05) is 5.56 Å². The van der Waals surface area contributed by atoms with Gasteiger partial charge in [0.2, 0.25) is 0 Å². The van der Waals surface area contributed by atoms with E-state index in [1.54, 1.807) is 0 Å². The van der Waals surface area contributed by atoms with Gasteiger partial charge >= 0.3 is 0 Å². The van der Waals surface area contributed by atoms with Crippen LogP contribution in [0.15, 0.2) is 12.1 Å². The second kappa shape index (κ2) is 4.45. The number of anilines is 1. The fourth-order valence-electron chi connectivity index (χ4n) is 1.05. The van der Waals surface area contributed by atoms with Gasteiger partial charge in [-0.05, 0) is 6.07 Å². The van der Waals surface area contributed by atoms with E-state index >= 15 is 0 Å². The Hall–Kier alpha value is -1.35. The number of hydrogen-bond acceptors (Lipinski definition) is 4. The summed E-state index contributed by atoms with van der Waals surface area (Å²) in [5.74, 6) is -0.877. The summed E-state index contributed by atoms with van der Waals surface area (Å²) in [6.45, 7) is 0. The lowest BCUT2D eigenvalue weighted by molar-refractivity contribution is 0.0527. The molecule has 0 saturated carbocycles. The van der Waals surface area contributed by atoms with Crippen molar-refractivity contribution in [1.82, 2.24) is 0 Å². The number of nitrogens with two attached hydrogens (primary N) is 1. The van der Waals surface area contributed by atoms with Crippen molar-refractivity contribution in [3.63, 3.8) is 0 Å². The van der Waals surface area contributed by atoms with Crippen LogP contribution in [-0.4, -0.2) is 16.3 Å². The fraction of sp³-hybridized carbons (Fsp3) is 0.222. The number of nitriles is 1. The van der Waals surface area contributed by atoms with Crippen LogP contribution >= 0.6 is 11.6 Å². The van der Waals surface area contributed by atoms with E-state index in [9.17, 15) is 9.50 Å². The van der Waals surface area contributed by atoms with E-state index in [0.717, 1.165) is 0 Å². The van der Waals surface area contributed by atoms with Crippen molar-refractivity contribution >= 4 is 17.3 Å². The van der Waals surface area contributed by atoms with Crippen LogP contribution in [0.2, 0.25) is 5.02 Å². The smallest absolute Gasteiger partial charge is 0.170 e. The minimum atomic E-state index is -1.66. The van der Waals surface area contributed by atoms with E-state index < -0.39 is 23.0 Å². The molecule has 4 nitrogen and oxygen atoms in total. The molecule has 1 aromatic rings. The van der Waals surface area contributed by atoms with Crippen LogP contribution in [0.1, 0.15) is 11.7 Å². The van der Waals surface area contributed by atoms with Crippen LogP contribution in [0, 0.1) is 17.1 Å². The second-order valence-corrected chi connectivity index (χ2v) is 3.27. The fourth-order valence-corrected chi connectivity index (χ4v) is 1.33. The molecule has 15 heavy (non-hydrogen) atoms. The van der Waals surface area contributed by atoms with Crippen LogP contribution in [0.3, 0.4) is 0 Å². The van der Waals surface area contributed by atoms with E-state index in [0.29, 0.717) is 0 Å². The molecule has 0 bridgehead atoms. The van der Waals surface area contributed by atoms with Gasteiger partial charge in [-0.2, -0.15) is 5.26 Å². The zero-order chi connectivity index (χ0) is 11.6. The average molecular weight is 231 g/mol. The third-order valence-electron chi connectivity index (χ3n) is 1.89. The zero-order valence-corrected chi connectivity index (χ0v) is 8.24. The van der Waals surface area contributed by atoms with Crippen LogP contribution < -0.4 is 5.73 Å². The van der Waals surface area contributed by atoms with Crippen molar-refractivity contribution in [1.29, 1.82) is 5.26 Å². The highest BCUT2D eigenvalue weighted by Gasteiger charge is 2.22. The lowest BCUT2D eigenvalue weighted by Gasteiger charge is -2.14. The number of nitrogen functional groups attached to an aromatic ring is 1. The van der Waals surface area contributed by atoms with Crippen molar-refractivity contribution in [2.24, 2.45) is 0 Å². The normalized spacial score (nSPS) is 14.3. The molecule has 0 aliphatic heterocycles. The maximum absolute atomic E-state index is 13.2. The monoisotopic (exact) mass is 230 g/mol.